The largest absolute Gasteiger partial charge is 0.488 e. The molecule has 0 amide bonds. The lowest BCUT2D eigenvalue weighted by atomic mass is 9.80. The SMILES string of the molecule is OB(O)c1ccc2oncc2c1. The average Bonchev–Trinajstić information content (AvgIpc) is 2.49. The number of nitrogens with zero attached hydrogens (tertiary/aromatic N) is 1. The van der Waals surface area contributed by atoms with Crippen LogP contribution in [0.15, 0.2) is 28.9 Å². The van der Waals surface area contributed by atoms with Crippen molar-refractivity contribution in [3.8, 4) is 0 Å². The molecule has 2 N–H and O–H groups in total. The van der Waals surface area contributed by atoms with Crippen molar-refractivity contribution in [1.82, 2.24) is 5.16 Å². The number of benzene rings is 1. The Morgan fingerprint density at radius 3 is 2.92 bits per heavy atom. The van der Waals surface area contributed by atoms with E-state index in [0.29, 0.717) is 11.0 Å². The lowest BCUT2D eigenvalue weighted by Crippen LogP contribution is -2.29. The van der Waals surface area contributed by atoms with Gasteiger partial charge < -0.3 is 14.6 Å². The fraction of sp³-hybridized carbons (Fsp3) is 0. The van der Waals surface area contributed by atoms with Gasteiger partial charge in [0.1, 0.15) is 0 Å². The van der Waals surface area contributed by atoms with Crippen LogP contribution in [-0.2, 0) is 0 Å². The molecule has 0 saturated heterocycles. The van der Waals surface area contributed by atoms with Crippen molar-refractivity contribution < 1.29 is 14.6 Å². The van der Waals surface area contributed by atoms with Gasteiger partial charge in [-0.15, -0.1) is 0 Å². The standard InChI is InChI=1S/C7H6BNO3/c10-8(11)6-1-2-7-5(3-6)4-9-12-7/h1-4,10-11H. The Balaban J connectivity index is 2.60. The molecule has 5 heteroatoms. The quantitative estimate of drug-likeness (QED) is 0.556. The summed E-state index contributed by atoms with van der Waals surface area (Å²) in [5.74, 6) is 0. The highest BCUT2D eigenvalue weighted by Crippen LogP contribution is 2.09. The molecule has 0 fully saturated rings. The molecule has 0 aliphatic carbocycles. The van der Waals surface area contributed by atoms with Crippen molar-refractivity contribution in [1.29, 1.82) is 0 Å². The topological polar surface area (TPSA) is 66.5 Å². The van der Waals surface area contributed by atoms with Gasteiger partial charge in [0.25, 0.3) is 0 Å². The van der Waals surface area contributed by atoms with Crippen LogP contribution < -0.4 is 5.46 Å². The molecule has 1 aromatic carbocycles. The summed E-state index contributed by atoms with van der Waals surface area (Å²) in [7, 11) is -1.44. The van der Waals surface area contributed by atoms with Crippen molar-refractivity contribution in [2.75, 3.05) is 0 Å². The predicted molar refractivity (Wildman–Crippen MR) is 43.8 cm³/mol. The van der Waals surface area contributed by atoms with Crippen LogP contribution in [0.2, 0.25) is 0 Å². The van der Waals surface area contributed by atoms with Crippen LogP contribution in [-0.4, -0.2) is 22.3 Å². The third-order valence-corrected chi connectivity index (χ3v) is 1.67. The first-order valence-electron chi connectivity index (χ1n) is 3.48. The zero-order chi connectivity index (χ0) is 8.55. The molecule has 1 heterocycles. The van der Waals surface area contributed by atoms with Gasteiger partial charge in [0.05, 0.1) is 6.20 Å². The summed E-state index contributed by atoms with van der Waals surface area (Å²) in [5, 5.41) is 22.0. The van der Waals surface area contributed by atoms with Crippen LogP contribution in [0.25, 0.3) is 11.0 Å². The molecular weight excluding hydrogens is 157 g/mol. The van der Waals surface area contributed by atoms with Crippen molar-refractivity contribution in [2.24, 2.45) is 0 Å². The lowest BCUT2D eigenvalue weighted by Gasteiger charge is -1.96. The number of aromatic nitrogens is 1. The maximum Gasteiger partial charge on any atom is 0.488 e. The number of fused-ring (bicyclic) bond motifs is 1. The number of rotatable bonds is 1. The molecule has 1 aromatic heterocycles. The zero-order valence-electron chi connectivity index (χ0n) is 6.14. The second kappa shape index (κ2) is 2.62. The summed E-state index contributed by atoms with van der Waals surface area (Å²) < 4.78 is 4.84. The van der Waals surface area contributed by atoms with Gasteiger partial charge in [0.15, 0.2) is 5.58 Å². The Morgan fingerprint density at radius 1 is 1.33 bits per heavy atom. The predicted octanol–water partition coefficient (Wildman–Crippen LogP) is -0.492. The highest BCUT2D eigenvalue weighted by atomic mass is 16.5. The van der Waals surface area contributed by atoms with Crippen molar-refractivity contribution in [3.63, 3.8) is 0 Å². The molecule has 0 unspecified atom stereocenters. The van der Waals surface area contributed by atoms with Gasteiger partial charge in [-0.25, -0.2) is 0 Å². The van der Waals surface area contributed by atoms with Crippen molar-refractivity contribution in [2.45, 2.75) is 0 Å². The fourth-order valence-electron chi connectivity index (χ4n) is 1.05. The maximum absolute atomic E-state index is 8.83. The summed E-state index contributed by atoms with van der Waals surface area (Å²) >= 11 is 0. The van der Waals surface area contributed by atoms with Crippen LogP contribution in [0.3, 0.4) is 0 Å². The number of hydrogen-bond donors (Lipinski definition) is 2. The molecule has 12 heavy (non-hydrogen) atoms. The summed E-state index contributed by atoms with van der Waals surface area (Å²) in [6, 6.07) is 4.85. The monoisotopic (exact) mass is 163 g/mol. The van der Waals surface area contributed by atoms with Gasteiger partial charge in [0.2, 0.25) is 0 Å². The highest BCUT2D eigenvalue weighted by molar-refractivity contribution is 6.58. The first-order valence-corrected chi connectivity index (χ1v) is 3.48. The van der Waals surface area contributed by atoms with Crippen LogP contribution in [0.5, 0.6) is 0 Å². The van der Waals surface area contributed by atoms with Gasteiger partial charge in [-0.3, -0.25) is 0 Å². The number of hydrogen-bond acceptors (Lipinski definition) is 4. The molecule has 0 atom stereocenters. The van der Waals surface area contributed by atoms with E-state index in [0.717, 1.165) is 5.39 Å². The molecule has 0 aliphatic heterocycles. The molecule has 0 bridgehead atoms. The zero-order valence-corrected chi connectivity index (χ0v) is 6.14. The van der Waals surface area contributed by atoms with E-state index in [-0.39, 0.29) is 0 Å². The second-order valence-electron chi connectivity index (χ2n) is 2.50. The molecule has 0 radical (unpaired) electrons. The second-order valence-corrected chi connectivity index (χ2v) is 2.50. The van der Waals surface area contributed by atoms with Crippen LogP contribution in [0, 0.1) is 0 Å². The molecule has 60 valence electrons. The Kier molecular flexibility index (Phi) is 1.60. The average molecular weight is 163 g/mol. The molecule has 2 aromatic rings. The molecule has 0 aliphatic rings. The van der Waals surface area contributed by atoms with Crippen molar-refractivity contribution in [3.05, 3.63) is 24.4 Å². The van der Waals surface area contributed by atoms with E-state index in [2.05, 4.69) is 5.16 Å². The van der Waals surface area contributed by atoms with E-state index >= 15 is 0 Å². The van der Waals surface area contributed by atoms with E-state index in [9.17, 15) is 0 Å². The Labute approximate surface area is 68.6 Å². The Bertz CT molecular complexity index is 398. The third kappa shape index (κ3) is 1.09. The van der Waals surface area contributed by atoms with Crippen molar-refractivity contribution >= 4 is 23.6 Å². The Morgan fingerprint density at radius 2 is 2.17 bits per heavy atom. The molecular formula is C7H6BNO3. The van der Waals surface area contributed by atoms with E-state index < -0.39 is 7.12 Å². The summed E-state index contributed by atoms with van der Waals surface area (Å²) in [6.07, 6.45) is 1.53. The van der Waals surface area contributed by atoms with Crippen LogP contribution >= 0.6 is 0 Å². The smallest absolute Gasteiger partial charge is 0.423 e. The Hall–Kier alpha value is -1.33. The van der Waals surface area contributed by atoms with Gasteiger partial charge in [-0.1, -0.05) is 11.2 Å². The van der Waals surface area contributed by atoms with Crippen LogP contribution in [0.4, 0.5) is 0 Å². The highest BCUT2D eigenvalue weighted by Gasteiger charge is 2.11. The van der Waals surface area contributed by atoms with Gasteiger partial charge in [-0.2, -0.15) is 0 Å². The minimum absolute atomic E-state index is 0.436. The molecule has 0 saturated carbocycles. The third-order valence-electron chi connectivity index (χ3n) is 1.67. The molecule has 2 rings (SSSR count). The van der Waals surface area contributed by atoms with Crippen LogP contribution in [0.1, 0.15) is 0 Å². The first-order chi connectivity index (χ1) is 5.77. The fourth-order valence-corrected chi connectivity index (χ4v) is 1.05. The molecule has 4 nitrogen and oxygen atoms in total. The van der Waals surface area contributed by atoms with E-state index in [1.165, 1.54) is 6.20 Å². The minimum atomic E-state index is -1.44. The normalized spacial score (nSPS) is 10.5. The van der Waals surface area contributed by atoms with E-state index in [4.69, 9.17) is 14.6 Å². The summed E-state index contributed by atoms with van der Waals surface area (Å²) in [5.41, 5.74) is 1.07. The summed E-state index contributed by atoms with van der Waals surface area (Å²) in [6.45, 7) is 0. The maximum atomic E-state index is 8.83. The lowest BCUT2D eigenvalue weighted by molar-refractivity contribution is 0.426. The van der Waals surface area contributed by atoms with E-state index in [1.807, 2.05) is 0 Å². The van der Waals surface area contributed by atoms with Gasteiger partial charge >= 0.3 is 7.12 Å². The van der Waals surface area contributed by atoms with E-state index in [1.54, 1.807) is 18.2 Å². The first kappa shape index (κ1) is 7.33. The van der Waals surface area contributed by atoms with Gasteiger partial charge in [0, 0.05) is 5.39 Å². The molecule has 0 spiro atoms. The minimum Gasteiger partial charge on any atom is -0.423 e. The summed E-state index contributed by atoms with van der Waals surface area (Å²) in [4.78, 5) is 0. The van der Waals surface area contributed by atoms with Gasteiger partial charge in [-0.05, 0) is 17.6 Å².